The Kier molecular flexibility index (Phi) is 57.4. The van der Waals surface area contributed by atoms with E-state index in [2.05, 4.69) is 315 Å². The van der Waals surface area contributed by atoms with E-state index in [1.165, 1.54) is 168 Å². The molecule has 0 spiro atoms. The minimum atomic E-state index is 0.929. The minimum Gasteiger partial charge on any atom is -0.313 e. The predicted molar refractivity (Wildman–Crippen MR) is 456 cm³/mol. The van der Waals surface area contributed by atoms with Crippen LogP contribution in [-0.4, -0.2) is 80.1 Å². The lowest BCUT2D eigenvalue weighted by Crippen LogP contribution is -2.23. The van der Waals surface area contributed by atoms with Crippen molar-refractivity contribution in [2.75, 3.05) is 65.4 Å². The van der Waals surface area contributed by atoms with Crippen molar-refractivity contribution in [1.29, 1.82) is 0 Å². The first-order valence-corrected chi connectivity index (χ1v) is 38.4. The minimum absolute atomic E-state index is 0.929. The first-order valence-electron chi connectivity index (χ1n) is 38.4. The van der Waals surface area contributed by atoms with E-state index in [-0.39, 0.29) is 0 Å². The summed E-state index contributed by atoms with van der Waals surface area (Å²) < 4.78 is 0. The molecule has 550 valence electrons. The molecular formula is C94H139N7. The Morgan fingerprint density at radius 3 is 1.05 bits per heavy atom. The Labute approximate surface area is 619 Å². The van der Waals surface area contributed by atoms with Gasteiger partial charge in [0.1, 0.15) is 0 Å². The summed E-state index contributed by atoms with van der Waals surface area (Å²) in [6, 6.07) is 59.5. The van der Waals surface area contributed by atoms with Crippen molar-refractivity contribution in [3.63, 3.8) is 0 Å². The predicted octanol–water partition coefficient (Wildman–Crippen LogP) is 23.6. The second-order valence-electron chi connectivity index (χ2n) is 25.2. The van der Waals surface area contributed by atoms with Crippen molar-refractivity contribution in [1.82, 2.24) is 36.0 Å². The van der Waals surface area contributed by atoms with Gasteiger partial charge in [0.25, 0.3) is 0 Å². The van der Waals surface area contributed by atoms with Gasteiger partial charge in [0.2, 0.25) is 0 Å². The molecule has 0 aromatic heterocycles. The van der Waals surface area contributed by atoms with Crippen molar-refractivity contribution in [2.45, 2.75) is 186 Å². The van der Waals surface area contributed by atoms with Crippen LogP contribution in [-0.2, 0) is 45.8 Å². The van der Waals surface area contributed by atoms with Crippen LogP contribution in [0.1, 0.15) is 218 Å². The topological polar surface area (TPSA) is 57.8 Å². The molecule has 0 unspecified atom stereocenters. The third-order valence-corrected chi connectivity index (χ3v) is 16.9. The molecule has 0 atom stereocenters. The van der Waals surface area contributed by atoms with Crippen LogP contribution in [0.2, 0.25) is 0 Å². The third kappa shape index (κ3) is 45.1. The average Bonchev–Trinajstić information content (AvgIpc) is 1.07. The van der Waals surface area contributed by atoms with Crippen molar-refractivity contribution in [3.05, 3.63) is 294 Å². The first-order chi connectivity index (χ1) is 49.4. The highest BCUT2D eigenvalue weighted by Crippen LogP contribution is 2.16. The summed E-state index contributed by atoms with van der Waals surface area (Å²) in [6.45, 7) is 66.7. The number of nitrogens with one attached hydrogen (secondary N) is 4. The molecule has 4 N–H and O–H groups in total. The highest BCUT2D eigenvalue weighted by Gasteiger charge is 2.07. The van der Waals surface area contributed by atoms with Gasteiger partial charge in [-0.15, -0.1) is 0 Å². The van der Waals surface area contributed by atoms with E-state index in [9.17, 15) is 0 Å². The number of rotatable bonds is 42. The molecule has 7 rings (SSSR count). The van der Waals surface area contributed by atoms with E-state index >= 15 is 0 Å². The molecule has 0 heterocycles. The monoisotopic (exact) mass is 1370 g/mol. The maximum Gasteiger partial charge on any atom is 0.0239 e. The van der Waals surface area contributed by atoms with Crippen LogP contribution in [0, 0.1) is 0 Å². The van der Waals surface area contributed by atoms with Crippen molar-refractivity contribution >= 4 is 42.5 Å². The number of hydrogen-bond acceptors (Lipinski definition) is 7. The average molecular weight is 1370 g/mol. The highest BCUT2D eigenvalue weighted by molar-refractivity contribution is 5.53. The Bertz CT molecular complexity index is 3180. The summed E-state index contributed by atoms with van der Waals surface area (Å²) in [4.78, 5) is 7.38. The molecule has 7 heteroatoms. The molecule has 0 aliphatic heterocycles. The molecule has 0 saturated heterocycles. The summed E-state index contributed by atoms with van der Waals surface area (Å²) in [5.41, 5.74) is 17.9. The Morgan fingerprint density at radius 1 is 0.277 bits per heavy atom. The lowest BCUT2D eigenvalue weighted by molar-refractivity contribution is 0.280. The fraction of sp³-hybridized carbons (Fsp3) is 0.404. The maximum absolute atomic E-state index is 3.85. The van der Waals surface area contributed by atoms with Gasteiger partial charge in [0.15, 0.2) is 0 Å². The Balaban J connectivity index is 0.000000590. The molecule has 7 aromatic carbocycles. The zero-order chi connectivity index (χ0) is 74.2. The molecule has 0 radical (unpaired) electrons. The summed E-state index contributed by atoms with van der Waals surface area (Å²) in [5.74, 6) is 0. The summed E-state index contributed by atoms with van der Waals surface area (Å²) in [7, 11) is 0. The molecule has 0 aliphatic carbocycles. The van der Waals surface area contributed by atoms with Gasteiger partial charge in [0, 0.05) is 45.8 Å². The van der Waals surface area contributed by atoms with Gasteiger partial charge in [-0.05, 0) is 182 Å². The van der Waals surface area contributed by atoms with Crippen LogP contribution < -0.4 is 21.3 Å². The summed E-state index contributed by atoms with van der Waals surface area (Å²) in [6.07, 6.45) is 27.2. The normalized spacial score (nSPS) is 10.3. The standard InChI is InChI=1S/C15H23N.3C14H21N.2C13H19N.C11H15N/c1-3-5-6-7-12-16-13-15-10-8-14(4-2)9-11-15;1-4-11-15(6-3)12-14-9-7-13(5-2)8-10-14;1-4-11-15(6-3)12-14-10-8-7-9-13(14)5-2;1-4-10-15(6-3)12-14-9-7-8-13(5-2)11-14;1-3-5-10-14-11-13-8-6-12(4-2)7-9-13;1-3-5-9-14-11-13-8-6-7-12(4-2)10-13;1-3-10-7-5-6-8-11(10)9-12-4-2/h4,8-11,16H,2-3,5-7,12-13H2,1H3;2*5,7-10H,2,4,6,11-12H2,1,3H3;5,7-9,11H,2,4,6,10,12H2,1,3H3;4,6-9,14H,2-3,5,10-11H2,1H3;4,6-8,10,14H,2-3,5,9,11H2,1H3;3,5-8,12H,1,4,9H2,2H3. The number of hydrogen-bond donors (Lipinski definition) is 4. The van der Waals surface area contributed by atoms with Gasteiger partial charge in [-0.25, -0.2) is 0 Å². The Hall–Kier alpha value is -7.56. The number of benzene rings is 7. The van der Waals surface area contributed by atoms with Crippen LogP contribution in [0.25, 0.3) is 42.5 Å². The largest absolute Gasteiger partial charge is 0.313 e. The number of nitrogens with zero attached hydrogens (tertiary/aromatic N) is 3. The van der Waals surface area contributed by atoms with Crippen LogP contribution in [0.5, 0.6) is 0 Å². The zero-order valence-corrected chi connectivity index (χ0v) is 65.3. The van der Waals surface area contributed by atoms with Crippen LogP contribution in [0.4, 0.5) is 0 Å². The highest BCUT2D eigenvalue weighted by atomic mass is 15.1. The van der Waals surface area contributed by atoms with Crippen LogP contribution >= 0.6 is 0 Å². The molecule has 0 amide bonds. The maximum atomic E-state index is 3.85. The second kappa shape index (κ2) is 63.4. The molecule has 0 fully saturated rings. The van der Waals surface area contributed by atoms with Crippen molar-refractivity contribution < 1.29 is 0 Å². The van der Waals surface area contributed by atoms with Crippen LogP contribution in [0.3, 0.4) is 0 Å². The fourth-order valence-electron chi connectivity index (χ4n) is 10.7. The van der Waals surface area contributed by atoms with Crippen molar-refractivity contribution in [3.8, 4) is 0 Å². The molecule has 0 saturated carbocycles. The van der Waals surface area contributed by atoms with Gasteiger partial charge < -0.3 is 21.3 Å². The van der Waals surface area contributed by atoms with Gasteiger partial charge >= 0.3 is 0 Å². The van der Waals surface area contributed by atoms with Gasteiger partial charge in [-0.3, -0.25) is 14.7 Å². The van der Waals surface area contributed by atoms with Gasteiger partial charge in [-0.2, -0.15) is 0 Å². The number of unbranched alkanes of at least 4 members (excludes halogenated alkanes) is 5. The van der Waals surface area contributed by atoms with E-state index < -0.39 is 0 Å². The van der Waals surface area contributed by atoms with E-state index in [1.807, 2.05) is 48.6 Å². The molecule has 7 aromatic rings. The fourth-order valence-corrected chi connectivity index (χ4v) is 10.7. The molecule has 0 aliphatic rings. The smallest absolute Gasteiger partial charge is 0.0239 e. The zero-order valence-electron chi connectivity index (χ0n) is 65.3. The SMILES string of the molecule is C=Cc1ccc(CN(CC)CCC)cc1.C=Cc1ccc(CNCCCC)cc1.C=Cc1ccc(CNCCCCCC)cc1.C=Cc1cccc(CN(CC)CCC)c1.C=Cc1cccc(CNCCCC)c1.C=Cc1ccccc1CN(CC)CCC.C=Cc1ccccc1CNCC. The molecule has 0 bridgehead atoms. The summed E-state index contributed by atoms with van der Waals surface area (Å²) in [5, 5.41) is 13.6. The lowest BCUT2D eigenvalue weighted by atomic mass is 10.1. The second-order valence-corrected chi connectivity index (χ2v) is 25.2. The van der Waals surface area contributed by atoms with E-state index in [0.29, 0.717) is 0 Å². The van der Waals surface area contributed by atoms with E-state index in [4.69, 9.17) is 0 Å². The third-order valence-electron chi connectivity index (χ3n) is 16.9. The first kappa shape index (κ1) is 91.5. The summed E-state index contributed by atoms with van der Waals surface area (Å²) >= 11 is 0. The molecule has 7 nitrogen and oxygen atoms in total. The molecular weight excluding hydrogens is 1230 g/mol. The quantitative estimate of drug-likeness (QED) is 0.0285. The lowest BCUT2D eigenvalue weighted by Gasteiger charge is -2.20. The van der Waals surface area contributed by atoms with E-state index in [1.54, 1.807) is 0 Å². The van der Waals surface area contributed by atoms with Crippen molar-refractivity contribution in [2.24, 2.45) is 0 Å². The van der Waals surface area contributed by atoms with E-state index in [0.717, 1.165) is 91.6 Å². The van der Waals surface area contributed by atoms with Crippen LogP contribution in [0.15, 0.2) is 216 Å². The Morgan fingerprint density at radius 2 is 0.644 bits per heavy atom. The molecule has 101 heavy (non-hydrogen) atoms. The van der Waals surface area contributed by atoms with Gasteiger partial charge in [0.05, 0.1) is 0 Å². The van der Waals surface area contributed by atoms with Gasteiger partial charge in [-0.1, -0.05) is 360 Å².